The molecule has 0 aliphatic carbocycles. The summed E-state index contributed by atoms with van der Waals surface area (Å²) in [4.78, 5) is 24.0. The number of nitrogens with zero attached hydrogens (tertiary/aromatic N) is 3. The molecule has 1 aliphatic heterocycles. The van der Waals surface area contributed by atoms with Gasteiger partial charge in [0, 0.05) is 42.6 Å². The van der Waals surface area contributed by atoms with Crippen LogP contribution < -0.4 is 10.1 Å². The van der Waals surface area contributed by atoms with Crippen LogP contribution in [-0.4, -0.2) is 52.1 Å². The minimum atomic E-state index is 0.139. The second-order valence-electron chi connectivity index (χ2n) is 8.72. The van der Waals surface area contributed by atoms with E-state index < -0.39 is 0 Å². The van der Waals surface area contributed by atoms with Gasteiger partial charge in [0.05, 0.1) is 24.7 Å². The number of piperidine rings is 1. The molecule has 1 saturated heterocycles. The average molecular weight is 457 g/mol. The Kier molecular flexibility index (Phi) is 6.27. The van der Waals surface area contributed by atoms with E-state index in [1.54, 1.807) is 19.4 Å². The van der Waals surface area contributed by atoms with Gasteiger partial charge in [-0.1, -0.05) is 18.2 Å². The van der Waals surface area contributed by atoms with Crippen LogP contribution in [0.5, 0.6) is 11.5 Å². The molecule has 34 heavy (non-hydrogen) atoms. The first-order valence-corrected chi connectivity index (χ1v) is 11.6. The van der Waals surface area contributed by atoms with Crippen LogP contribution in [-0.2, 0) is 17.8 Å². The lowest BCUT2D eigenvalue weighted by molar-refractivity contribution is -0.131. The molecule has 3 heterocycles. The summed E-state index contributed by atoms with van der Waals surface area (Å²) in [7, 11) is 1.64. The molecule has 174 valence electrons. The number of rotatable bonds is 6. The Morgan fingerprint density at radius 3 is 2.82 bits per heavy atom. The van der Waals surface area contributed by atoms with Gasteiger partial charge in [0.2, 0.25) is 5.91 Å². The van der Waals surface area contributed by atoms with E-state index in [1.807, 2.05) is 53.4 Å². The number of carbonyl (C=O) groups excluding carboxylic acids is 1. The van der Waals surface area contributed by atoms with Crippen LogP contribution in [0.2, 0.25) is 0 Å². The molecule has 1 fully saturated rings. The van der Waals surface area contributed by atoms with E-state index in [4.69, 9.17) is 4.74 Å². The number of aromatic hydroxyl groups is 1. The number of phenolic OH excluding ortho intramolecular Hbond substituents is 1. The Labute approximate surface area is 198 Å². The van der Waals surface area contributed by atoms with E-state index in [0.717, 1.165) is 59.2 Å². The molecular weight excluding hydrogens is 428 g/mol. The average Bonchev–Trinajstić information content (AvgIpc) is 2.88. The Hall–Kier alpha value is -3.71. The summed E-state index contributed by atoms with van der Waals surface area (Å²) >= 11 is 0. The molecule has 2 N–H and O–H groups in total. The van der Waals surface area contributed by atoms with Crippen molar-refractivity contribution in [3.05, 3.63) is 72.1 Å². The Bertz CT molecular complexity index is 1330. The fourth-order valence-electron chi connectivity index (χ4n) is 4.59. The van der Waals surface area contributed by atoms with E-state index in [9.17, 15) is 9.90 Å². The fourth-order valence-corrected chi connectivity index (χ4v) is 4.59. The number of methoxy groups -OCH3 is 1. The summed E-state index contributed by atoms with van der Waals surface area (Å²) in [6.07, 6.45) is 3.91. The Morgan fingerprint density at radius 1 is 1.15 bits per heavy atom. The molecule has 0 bridgehead atoms. The number of benzene rings is 2. The van der Waals surface area contributed by atoms with E-state index in [1.165, 1.54) is 0 Å². The van der Waals surface area contributed by atoms with Gasteiger partial charge >= 0.3 is 0 Å². The maximum Gasteiger partial charge on any atom is 0.227 e. The predicted octanol–water partition coefficient (Wildman–Crippen LogP) is 3.82. The van der Waals surface area contributed by atoms with Crippen LogP contribution in [0.3, 0.4) is 0 Å². The van der Waals surface area contributed by atoms with E-state index >= 15 is 0 Å². The van der Waals surface area contributed by atoms with Crippen LogP contribution in [0.1, 0.15) is 24.1 Å². The standard InChI is InChI=1S/C27H28N4O3/c1-34-22-7-8-24-23(16-22)19(9-12-28-24)15-26(33)31-13-10-20(11-14-31)29-17-21-6-5-18-3-2-4-25(32)27(18)30-21/h2-9,12,16,20,29,32H,10-11,13-15,17H2,1H3. The van der Waals surface area contributed by atoms with Gasteiger partial charge in [-0.3, -0.25) is 9.78 Å². The molecule has 1 aliphatic rings. The van der Waals surface area contributed by atoms with Gasteiger partial charge in [-0.2, -0.15) is 0 Å². The molecule has 7 heteroatoms. The zero-order valence-corrected chi connectivity index (χ0v) is 19.2. The fraction of sp³-hybridized carbons (Fsp3) is 0.296. The number of pyridine rings is 2. The molecule has 0 atom stereocenters. The maximum absolute atomic E-state index is 13.0. The number of carbonyl (C=O) groups is 1. The van der Waals surface area contributed by atoms with Gasteiger partial charge in [-0.25, -0.2) is 4.98 Å². The van der Waals surface area contributed by atoms with Crippen LogP contribution >= 0.6 is 0 Å². The number of nitrogens with one attached hydrogen (secondary N) is 1. The molecule has 4 aromatic rings. The summed E-state index contributed by atoms with van der Waals surface area (Å²) < 4.78 is 5.35. The Morgan fingerprint density at radius 2 is 2.00 bits per heavy atom. The number of aromatic nitrogens is 2. The number of ether oxygens (including phenoxy) is 1. The molecule has 2 aromatic carbocycles. The number of fused-ring (bicyclic) bond motifs is 2. The highest BCUT2D eigenvalue weighted by molar-refractivity contribution is 5.89. The summed E-state index contributed by atoms with van der Waals surface area (Å²) in [6, 6.07) is 17.4. The highest BCUT2D eigenvalue weighted by Gasteiger charge is 2.23. The van der Waals surface area contributed by atoms with Crippen molar-refractivity contribution in [2.45, 2.75) is 31.8 Å². The molecule has 0 radical (unpaired) electrons. The molecule has 0 unspecified atom stereocenters. The quantitative estimate of drug-likeness (QED) is 0.459. The number of hydrogen-bond acceptors (Lipinski definition) is 6. The second kappa shape index (κ2) is 9.65. The van der Waals surface area contributed by atoms with Crippen LogP contribution in [0.4, 0.5) is 0 Å². The van der Waals surface area contributed by atoms with Gasteiger partial charge < -0.3 is 20.1 Å². The third-order valence-corrected chi connectivity index (χ3v) is 6.56. The minimum absolute atomic E-state index is 0.139. The maximum atomic E-state index is 13.0. The molecular formula is C27H28N4O3. The number of para-hydroxylation sites is 1. The van der Waals surface area contributed by atoms with Crippen molar-refractivity contribution in [3.63, 3.8) is 0 Å². The van der Waals surface area contributed by atoms with Gasteiger partial charge in [0.1, 0.15) is 17.0 Å². The number of phenols is 1. The lowest BCUT2D eigenvalue weighted by Gasteiger charge is -2.32. The van der Waals surface area contributed by atoms with E-state index in [2.05, 4.69) is 15.3 Å². The highest BCUT2D eigenvalue weighted by Crippen LogP contribution is 2.24. The van der Waals surface area contributed by atoms with Gasteiger partial charge in [-0.05, 0) is 54.8 Å². The third kappa shape index (κ3) is 4.65. The first-order chi connectivity index (χ1) is 16.6. The number of amides is 1. The molecule has 5 rings (SSSR count). The van der Waals surface area contributed by atoms with Crippen LogP contribution in [0.15, 0.2) is 60.8 Å². The normalized spacial score (nSPS) is 14.6. The molecule has 7 nitrogen and oxygen atoms in total. The molecule has 1 amide bonds. The summed E-state index contributed by atoms with van der Waals surface area (Å²) in [6.45, 7) is 2.09. The minimum Gasteiger partial charge on any atom is -0.506 e. The number of hydrogen-bond donors (Lipinski definition) is 2. The monoisotopic (exact) mass is 456 g/mol. The van der Waals surface area contributed by atoms with E-state index in [0.29, 0.717) is 24.5 Å². The first-order valence-electron chi connectivity index (χ1n) is 11.6. The first kappa shape index (κ1) is 22.1. The van der Waals surface area contributed by atoms with Crippen molar-refractivity contribution in [1.82, 2.24) is 20.2 Å². The predicted molar refractivity (Wildman–Crippen MR) is 132 cm³/mol. The second-order valence-corrected chi connectivity index (χ2v) is 8.72. The Balaban J connectivity index is 1.17. The smallest absolute Gasteiger partial charge is 0.227 e. The third-order valence-electron chi connectivity index (χ3n) is 6.56. The highest BCUT2D eigenvalue weighted by atomic mass is 16.5. The summed E-state index contributed by atoms with van der Waals surface area (Å²) in [5.74, 6) is 1.10. The van der Waals surface area contributed by atoms with Crippen molar-refractivity contribution < 1.29 is 14.6 Å². The zero-order chi connectivity index (χ0) is 23.5. The van der Waals surface area contributed by atoms with E-state index in [-0.39, 0.29) is 11.7 Å². The van der Waals surface area contributed by atoms with Crippen molar-refractivity contribution in [3.8, 4) is 11.5 Å². The number of likely N-dealkylation sites (tertiary alicyclic amines) is 1. The molecule has 0 spiro atoms. The molecule has 2 aromatic heterocycles. The summed E-state index contributed by atoms with van der Waals surface area (Å²) in [5.41, 5.74) is 3.36. The lowest BCUT2D eigenvalue weighted by Crippen LogP contribution is -2.45. The van der Waals surface area contributed by atoms with Crippen molar-refractivity contribution in [2.24, 2.45) is 0 Å². The van der Waals surface area contributed by atoms with Crippen molar-refractivity contribution in [2.75, 3.05) is 20.2 Å². The zero-order valence-electron chi connectivity index (χ0n) is 19.2. The van der Waals surface area contributed by atoms with Crippen molar-refractivity contribution >= 4 is 27.7 Å². The molecule has 0 saturated carbocycles. The summed E-state index contributed by atoms with van der Waals surface area (Å²) in [5, 5.41) is 15.5. The van der Waals surface area contributed by atoms with Crippen LogP contribution in [0, 0.1) is 0 Å². The SMILES string of the molecule is COc1ccc2nccc(CC(=O)N3CCC(NCc4ccc5cccc(O)c5n4)CC3)c2c1. The van der Waals surface area contributed by atoms with Gasteiger partial charge in [0.15, 0.2) is 0 Å². The topological polar surface area (TPSA) is 87.6 Å². The van der Waals surface area contributed by atoms with Gasteiger partial charge in [-0.15, -0.1) is 0 Å². The largest absolute Gasteiger partial charge is 0.506 e. The lowest BCUT2D eigenvalue weighted by atomic mass is 10.0. The van der Waals surface area contributed by atoms with Crippen LogP contribution in [0.25, 0.3) is 21.8 Å². The van der Waals surface area contributed by atoms with Crippen molar-refractivity contribution in [1.29, 1.82) is 0 Å². The van der Waals surface area contributed by atoms with Gasteiger partial charge in [0.25, 0.3) is 0 Å².